The van der Waals surface area contributed by atoms with E-state index in [0.717, 1.165) is 37.2 Å². The molecule has 2 atom stereocenters. The second-order valence-electron chi connectivity index (χ2n) is 10.6. The van der Waals surface area contributed by atoms with Gasteiger partial charge in [0.2, 0.25) is 0 Å². The van der Waals surface area contributed by atoms with Gasteiger partial charge in [-0.15, -0.1) is 0 Å². The number of likely N-dealkylation sites (tertiary alicyclic amines) is 1. The number of aryl methyl sites for hydroxylation is 1. The number of hydrogen-bond donors (Lipinski definition) is 2. The van der Waals surface area contributed by atoms with Crippen molar-refractivity contribution in [3.05, 3.63) is 17.8 Å². The van der Waals surface area contributed by atoms with Crippen LogP contribution < -0.4 is 11.1 Å². The van der Waals surface area contributed by atoms with Crippen molar-refractivity contribution in [1.82, 2.24) is 9.88 Å². The number of anilines is 2. The predicted octanol–water partition coefficient (Wildman–Crippen LogP) is 4.39. The standard InChI is InChI=1S/C24H38N4O2/c1-15-6-11-20(17-7-9-18(10-8-17)24(3,4)5)28(14-15)23(30)22(29)27-19-12-16(2)21(25)26-13-19/h12-13,15,17-18,20H,6-11,14H2,1-5H3,(H2,25,26)(H,27,29)/t15-,17?,18?,20+/m1/s1. The first-order valence-electron chi connectivity index (χ1n) is 11.4. The number of nitrogens with one attached hydrogen (secondary N) is 1. The quantitative estimate of drug-likeness (QED) is 0.703. The Morgan fingerprint density at radius 3 is 2.40 bits per heavy atom. The summed E-state index contributed by atoms with van der Waals surface area (Å²) in [5.74, 6) is 1.08. The molecule has 6 nitrogen and oxygen atoms in total. The number of carbonyl (C=O) groups excluding carboxylic acids is 2. The van der Waals surface area contributed by atoms with E-state index in [1.54, 1.807) is 6.07 Å². The Hall–Kier alpha value is -2.11. The maximum absolute atomic E-state index is 13.1. The van der Waals surface area contributed by atoms with Gasteiger partial charge in [-0.25, -0.2) is 4.98 Å². The van der Waals surface area contributed by atoms with Gasteiger partial charge in [-0.05, 0) is 80.2 Å². The van der Waals surface area contributed by atoms with Gasteiger partial charge in [-0.2, -0.15) is 0 Å². The number of nitrogens with two attached hydrogens (primary N) is 1. The Labute approximate surface area is 181 Å². The number of aromatic nitrogens is 1. The molecule has 30 heavy (non-hydrogen) atoms. The highest BCUT2D eigenvalue weighted by Gasteiger charge is 2.40. The molecule has 1 aromatic heterocycles. The summed E-state index contributed by atoms with van der Waals surface area (Å²) < 4.78 is 0. The van der Waals surface area contributed by atoms with E-state index in [4.69, 9.17) is 5.73 Å². The van der Waals surface area contributed by atoms with E-state index in [0.29, 0.717) is 35.3 Å². The molecule has 1 saturated carbocycles. The van der Waals surface area contributed by atoms with E-state index < -0.39 is 11.8 Å². The molecule has 1 saturated heterocycles. The first kappa shape index (κ1) is 22.6. The zero-order valence-electron chi connectivity index (χ0n) is 19.2. The van der Waals surface area contributed by atoms with Gasteiger partial charge in [0.05, 0.1) is 11.9 Å². The molecule has 1 aliphatic heterocycles. The molecule has 6 heteroatoms. The van der Waals surface area contributed by atoms with Gasteiger partial charge in [0.1, 0.15) is 5.82 Å². The maximum Gasteiger partial charge on any atom is 0.313 e. The summed E-state index contributed by atoms with van der Waals surface area (Å²) >= 11 is 0. The van der Waals surface area contributed by atoms with Crippen LogP contribution >= 0.6 is 0 Å². The molecule has 2 amide bonds. The van der Waals surface area contributed by atoms with Crippen molar-refractivity contribution in [3.63, 3.8) is 0 Å². The lowest BCUT2D eigenvalue weighted by Crippen LogP contribution is -2.53. The van der Waals surface area contributed by atoms with Crippen molar-refractivity contribution < 1.29 is 9.59 Å². The minimum Gasteiger partial charge on any atom is -0.383 e. The summed E-state index contributed by atoms with van der Waals surface area (Å²) in [4.78, 5) is 31.8. The molecule has 0 aromatic carbocycles. The average Bonchev–Trinajstić information content (AvgIpc) is 2.69. The smallest absolute Gasteiger partial charge is 0.313 e. The molecule has 3 rings (SSSR count). The zero-order chi connectivity index (χ0) is 22.1. The summed E-state index contributed by atoms with van der Waals surface area (Å²) in [6.45, 7) is 11.6. The van der Waals surface area contributed by atoms with Crippen molar-refractivity contribution in [2.24, 2.45) is 23.2 Å². The lowest BCUT2D eigenvalue weighted by molar-refractivity contribution is -0.148. The van der Waals surface area contributed by atoms with Gasteiger partial charge in [0.15, 0.2) is 0 Å². The fourth-order valence-corrected chi connectivity index (χ4v) is 5.24. The highest BCUT2D eigenvalue weighted by Crippen LogP contribution is 2.43. The Morgan fingerprint density at radius 2 is 1.80 bits per heavy atom. The van der Waals surface area contributed by atoms with Crippen LogP contribution in [0.3, 0.4) is 0 Å². The van der Waals surface area contributed by atoms with Gasteiger partial charge < -0.3 is 16.0 Å². The Balaban J connectivity index is 1.68. The summed E-state index contributed by atoms with van der Waals surface area (Å²) in [7, 11) is 0. The van der Waals surface area contributed by atoms with Crippen LogP contribution in [0, 0.1) is 30.1 Å². The number of pyridine rings is 1. The molecular formula is C24H38N4O2. The minimum absolute atomic E-state index is 0.173. The molecule has 2 aliphatic rings. The molecule has 1 aliphatic carbocycles. The molecule has 166 valence electrons. The first-order chi connectivity index (χ1) is 14.1. The molecule has 2 heterocycles. The number of hydrogen-bond acceptors (Lipinski definition) is 4. The van der Waals surface area contributed by atoms with E-state index in [1.165, 1.54) is 19.0 Å². The van der Waals surface area contributed by atoms with Crippen molar-refractivity contribution in [1.29, 1.82) is 0 Å². The van der Waals surface area contributed by atoms with Crippen LogP contribution in [-0.2, 0) is 9.59 Å². The lowest BCUT2D eigenvalue weighted by Gasteiger charge is -2.46. The van der Waals surface area contributed by atoms with Gasteiger partial charge in [0, 0.05) is 12.6 Å². The zero-order valence-corrected chi connectivity index (χ0v) is 19.2. The molecule has 1 aromatic rings. The second kappa shape index (κ2) is 8.94. The van der Waals surface area contributed by atoms with Gasteiger partial charge in [0.25, 0.3) is 0 Å². The van der Waals surface area contributed by atoms with Crippen LogP contribution in [-0.4, -0.2) is 34.3 Å². The third kappa shape index (κ3) is 5.13. The Kier molecular flexibility index (Phi) is 6.73. The Morgan fingerprint density at radius 1 is 1.13 bits per heavy atom. The van der Waals surface area contributed by atoms with Crippen molar-refractivity contribution in [3.8, 4) is 0 Å². The van der Waals surface area contributed by atoms with Crippen molar-refractivity contribution in [2.75, 3.05) is 17.6 Å². The maximum atomic E-state index is 13.1. The van der Waals surface area contributed by atoms with Crippen molar-refractivity contribution >= 4 is 23.3 Å². The van der Waals surface area contributed by atoms with E-state index in [-0.39, 0.29) is 6.04 Å². The SMILES string of the molecule is Cc1cc(NC(=O)C(=O)N2C[C@H](C)CC[C@H]2C2CCC(C(C)(C)C)CC2)cnc1N. The first-order valence-corrected chi connectivity index (χ1v) is 11.4. The van der Waals surface area contributed by atoms with Crippen LogP contribution in [0.25, 0.3) is 0 Å². The topological polar surface area (TPSA) is 88.3 Å². The third-order valence-corrected chi connectivity index (χ3v) is 7.24. The second-order valence-corrected chi connectivity index (χ2v) is 10.6. The predicted molar refractivity (Wildman–Crippen MR) is 121 cm³/mol. The summed E-state index contributed by atoms with van der Waals surface area (Å²) in [6, 6.07) is 1.92. The van der Waals surface area contributed by atoms with Crippen LogP contribution in [0.5, 0.6) is 0 Å². The van der Waals surface area contributed by atoms with Crippen LogP contribution in [0.4, 0.5) is 11.5 Å². The number of nitrogen functional groups attached to an aromatic ring is 1. The number of piperidine rings is 1. The Bertz CT molecular complexity index is 778. The van der Waals surface area contributed by atoms with E-state index >= 15 is 0 Å². The third-order valence-electron chi connectivity index (χ3n) is 7.24. The van der Waals surface area contributed by atoms with Gasteiger partial charge >= 0.3 is 11.8 Å². The molecule has 0 unspecified atom stereocenters. The van der Waals surface area contributed by atoms with Gasteiger partial charge in [-0.1, -0.05) is 27.7 Å². The summed E-state index contributed by atoms with van der Waals surface area (Å²) in [5.41, 5.74) is 7.37. The minimum atomic E-state index is -0.580. The molecular weight excluding hydrogens is 376 g/mol. The normalized spacial score (nSPS) is 27.6. The largest absolute Gasteiger partial charge is 0.383 e. The number of amides is 2. The number of carbonyl (C=O) groups is 2. The highest BCUT2D eigenvalue weighted by atomic mass is 16.2. The molecule has 2 fully saturated rings. The number of nitrogens with zero attached hydrogens (tertiary/aromatic N) is 2. The molecule has 3 N–H and O–H groups in total. The average molecular weight is 415 g/mol. The van der Waals surface area contributed by atoms with Gasteiger partial charge in [-0.3, -0.25) is 9.59 Å². The molecule has 0 bridgehead atoms. The fraction of sp³-hybridized carbons (Fsp3) is 0.708. The molecule has 0 radical (unpaired) electrons. The van der Waals surface area contributed by atoms with Crippen LogP contribution in [0.1, 0.15) is 71.8 Å². The van der Waals surface area contributed by atoms with E-state index in [9.17, 15) is 9.59 Å². The monoisotopic (exact) mass is 414 g/mol. The summed E-state index contributed by atoms with van der Waals surface area (Å²) in [6.07, 6.45) is 8.33. The number of rotatable bonds is 2. The van der Waals surface area contributed by atoms with Crippen molar-refractivity contribution in [2.45, 2.75) is 79.2 Å². The highest BCUT2D eigenvalue weighted by molar-refractivity contribution is 6.39. The lowest BCUT2D eigenvalue weighted by atomic mass is 9.67. The summed E-state index contributed by atoms with van der Waals surface area (Å²) in [5, 5.41) is 2.72. The molecule has 0 spiro atoms. The van der Waals surface area contributed by atoms with Crippen LogP contribution in [0.15, 0.2) is 12.3 Å². The van der Waals surface area contributed by atoms with Crippen LogP contribution in [0.2, 0.25) is 0 Å². The van der Waals surface area contributed by atoms with E-state index in [1.807, 2.05) is 11.8 Å². The fourth-order valence-electron chi connectivity index (χ4n) is 5.24. The van der Waals surface area contributed by atoms with E-state index in [2.05, 4.69) is 38.0 Å².